The molecule has 0 aliphatic heterocycles. The van der Waals surface area contributed by atoms with Crippen LogP contribution in [0.3, 0.4) is 0 Å². The molecule has 0 fully saturated rings. The quantitative estimate of drug-likeness (QED) is 0.445. The predicted octanol–water partition coefficient (Wildman–Crippen LogP) is 5.58. The van der Waals surface area contributed by atoms with Crippen molar-refractivity contribution in [1.82, 2.24) is 4.98 Å². The van der Waals surface area contributed by atoms with E-state index in [1.807, 2.05) is 62.4 Å². The molecule has 0 saturated heterocycles. The van der Waals surface area contributed by atoms with Crippen molar-refractivity contribution in [2.75, 3.05) is 5.32 Å². The van der Waals surface area contributed by atoms with Crippen molar-refractivity contribution in [3.05, 3.63) is 95.1 Å². The normalized spacial score (nSPS) is 11.9. The number of ketones is 1. The van der Waals surface area contributed by atoms with Gasteiger partial charge in [0, 0.05) is 11.1 Å². The number of aromatic nitrogens is 1. The lowest BCUT2D eigenvalue weighted by molar-refractivity contribution is -0.117. The van der Waals surface area contributed by atoms with Gasteiger partial charge in [-0.25, -0.2) is 4.98 Å². The Labute approximate surface area is 173 Å². The molecule has 1 aromatic heterocycles. The summed E-state index contributed by atoms with van der Waals surface area (Å²) in [6.07, 6.45) is 0. The third kappa shape index (κ3) is 3.96. The highest BCUT2D eigenvalue weighted by atomic mass is 32.1. The summed E-state index contributed by atoms with van der Waals surface area (Å²) in [6, 6.07) is 22.4. The van der Waals surface area contributed by atoms with E-state index in [1.165, 1.54) is 11.3 Å². The van der Waals surface area contributed by atoms with Crippen LogP contribution in [0.15, 0.2) is 72.8 Å². The highest BCUT2D eigenvalue weighted by Gasteiger charge is 2.19. The van der Waals surface area contributed by atoms with E-state index in [0.717, 1.165) is 21.3 Å². The molecular formula is C24H20N2O2S. The number of nitrogens with zero attached hydrogens (tertiary/aromatic N) is 1. The van der Waals surface area contributed by atoms with Crippen LogP contribution in [0.1, 0.15) is 39.9 Å². The number of aryl methyl sites for hydroxylation is 1. The Kier molecular flexibility index (Phi) is 5.23. The second kappa shape index (κ2) is 7.97. The summed E-state index contributed by atoms with van der Waals surface area (Å²) in [7, 11) is 0. The molecule has 0 saturated carbocycles. The Morgan fingerprint density at radius 2 is 1.66 bits per heavy atom. The van der Waals surface area contributed by atoms with Crippen molar-refractivity contribution >= 4 is 38.4 Å². The van der Waals surface area contributed by atoms with Crippen LogP contribution in [0.5, 0.6) is 0 Å². The predicted molar refractivity (Wildman–Crippen MR) is 118 cm³/mol. The zero-order chi connectivity index (χ0) is 20.4. The van der Waals surface area contributed by atoms with Gasteiger partial charge >= 0.3 is 0 Å². The Hall–Kier alpha value is -3.31. The fraction of sp³-hybridized carbons (Fsp3) is 0.125. The minimum Gasteiger partial charge on any atom is -0.301 e. The molecule has 1 N–H and O–H groups in total. The number of hydrogen-bond donors (Lipinski definition) is 1. The number of anilines is 1. The van der Waals surface area contributed by atoms with Gasteiger partial charge in [-0.1, -0.05) is 72.0 Å². The first-order chi connectivity index (χ1) is 14.0. The standard InChI is InChI=1S/C24H20N2O2S/c1-15-8-6-13-20-21(15)25-24(29-20)26-23(28)16(2)18-11-7-12-19(14-18)22(27)17-9-4-3-5-10-17/h3-14,16H,1-2H3,(H,25,26,28)/t16-/m1/s1. The third-order valence-corrected chi connectivity index (χ3v) is 5.86. The second-order valence-electron chi connectivity index (χ2n) is 6.97. The number of nitrogens with one attached hydrogen (secondary N) is 1. The molecule has 1 atom stereocenters. The van der Waals surface area contributed by atoms with E-state index in [1.54, 1.807) is 24.3 Å². The maximum Gasteiger partial charge on any atom is 0.233 e. The van der Waals surface area contributed by atoms with Crippen molar-refractivity contribution in [1.29, 1.82) is 0 Å². The summed E-state index contributed by atoms with van der Waals surface area (Å²) in [5, 5.41) is 3.51. The zero-order valence-electron chi connectivity index (χ0n) is 16.2. The summed E-state index contributed by atoms with van der Waals surface area (Å²) in [5.74, 6) is -0.612. The number of fused-ring (bicyclic) bond motifs is 1. The summed E-state index contributed by atoms with van der Waals surface area (Å²) in [5.41, 5.74) is 3.99. The van der Waals surface area contributed by atoms with Crippen molar-refractivity contribution in [2.45, 2.75) is 19.8 Å². The molecule has 0 unspecified atom stereocenters. The first-order valence-corrected chi connectivity index (χ1v) is 10.2. The first-order valence-electron chi connectivity index (χ1n) is 9.39. The fourth-order valence-corrected chi connectivity index (χ4v) is 4.16. The fourth-order valence-electron chi connectivity index (χ4n) is 3.21. The van der Waals surface area contributed by atoms with Gasteiger partial charge < -0.3 is 5.32 Å². The van der Waals surface area contributed by atoms with Crippen LogP contribution in [0, 0.1) is 6.92 Å². The van der Waals surface area contributed by atoms with Gasteiger partial charge in [-0.2, -0.15) is 0 Å². The van der Waals surface area contributed by atoms with E-state index in [-0.39, 0.29) is 11.7 Å². The number of carbonyl (C=O) groups is 2. The van der Waals surface area contributed by atoms with Gasteiger partial charge in [0.25, 0.3) is 0 Å². The van der Waals surface area contributed by atoms with E-state index < -0.39 is 5.92 Å². The number of rotatable bonds is 5. The van der Waals surface area contributed by atoms with E-state index in [2.05, 4.69) is 10.3 Å². The summed E-state index contributed by atoms with van der Waals surface area (Å²) >= 11 is 1.46. The van der Waals surface area contributed by atoms with Crippen LogP contribution in [0.4, 0.5) is 5.13 Å². The van der Waals surface area contributed by atoms with Gasteiger partial charge in [0.1, 0.15) is 0 Å². The van der Waals surface area contributed by atoms with Gasteiger partial charge in [0.15, 0.2) is 10.9 Å². The van der Waals surface area contributed by atoms with E-state index in [0.29, 0.717) is 16.3 Å². The van der Waals surface area contributed by atoms with Gasteiger partial charge in [0.05, 0.1) is 16.1 Å². The molecule has 0 radical (unpaired) electrons. The maximum atomic E-state index is 12.8. The van der Waals surface area contributed by atoms with E-state index in [4.69, 9.17) is 0 Å². The number of carbonyl (C=O) groups excluding carboxylic acids is 2. The third-order valence-electron chi connectivity index (χ3n) is 4.93. The molecule has 0 aliphatic rings. The van der Waals surface area contributed by atoms with E-state index in [9.17, 15) is 9.59 Å². The lowest BCUT2D eigenvalue weighted by Crippen LogP contribution is -2.19. The number of hydrogen-bond acceptors (Lipinski definition) is 4. The molecule has 1 heterocycles. The Bertz CT molecular complexity index is 1200. The van der Waals surface area contributed by atoms with Crippen molar-refractivity contribution in [3.8, 4) is 0 Å². The van der Waals surface area contributed by atoms with Crippen LogP contribution in [-0.4, -0.2) is 16.7 Å². The minimum atomic E-state index is -0.411. The van der Waals surface area contributed by atoms with Gasteiger partial charge in [-0.3, -0.25) is 9.59 Å². The van der Waals surface area contributed by atoms with Gasteiger partial charge in [-0.05, 0) is 37.1 Å². The number of para-hydroxylation sites is 1. The monoisotopic (exact) mass is 400 g/mol. The molecular weight excluding hydrogens is 380 g/mol. The van der Waals surface area contributed by atoms with Crippen molar-refractivity contribution < 1.29 is 9.59 Å². The van der Waals surface area contributed by atoms with Crippen LogP contribution in [0.2, 0.25) is 0 Å². The average Bonchev–Trinajstić information content (AvgIpc) is 3.17. The van der Waals surface area contributed by atoms with Crippen molar-refractivity contribution in [2.24, 2.45) is 0 Å². The van der Waals surface area contributed by atoms with Crippen LogP contribution in [-0.2, 0) is 4.79 Å². The summed E-state index contributed by atoms with van der Waals surface area (Å²) < 4.78 is 1.04. The lowest BCUT2D eigenvalue weighted by atomic mass is 9.95. The molecule has 0 bridgehead atoms. The van der Waals surface area contributed by atoms with Crippen molar-refractivity contribution in [3.63, 3.8) is 0 Å². The van der Waals surface area contributed by atoms with Crippen LogP contribution in [0.25, 0.3) is 10.2 Å². The summed E-state index contributed by atoms with van der Waals surface area (Å²) in [4.78, 5) is 30.0. The van der Waals surface area contributed by atoms with Crippen LogP contribution < -0.4 is 5.32 Å². The molecule has 4 aromatic rings. The molecule has 4 rings (SSSR count). The van der Waals surface area contributed by atoms with Gasteiger partial charge in [0.2, 0.25) is 5.91 Å². The number of amides is 1. The second-order valence-corrected chi connectivity index (χ2v) is 8.00. The largest absolute Gasteiger partial charge is 0.301 e. The maximum absolute atomic E-state index is 12.8. The zero-order valence-corrected chi connectivity index (χ0v) is 17.0. The average molecular weight is 401 g/mol. The molecule has 29 heavy (non-hydrogen) atoms. The molecule has 0 aliphatic carbocycles. The smallest absolute Gasteiger partial charge is 0.233 e. The minimum absolute atomic E-state index is 0.0540. The number of benzene rings is 3. The van der Waals surface area contributed by atoms with E-state index >= 15 is 0 Å². The van der Waals surface area contributed by atoms with Crippen LogP contribution >= 0.6 is 11.3 Å². The molecule has 1 amide bonds. The summed E-state index contributed by atoms with van der Waals surface area (Å²) in [6.45, 7) is 3.84. The Morgan fingerprint density at radius 3 is 2.41 bits per heavy atom. The molecule has 4 nitrogen and oxygen atoms in total. The molecule has 0 spiro atoms. The Balaban J connectivity index is 1.54. The lowest BCUT2D eigenvalue weighted by Gasteiger charge is -2.12. The topological polar surface area (TPSA) is 59.1 Å². The van der Waals surface area contributed by atoms with Gasteiger partial charge in [-0.15, -0.1) is 0 Å². The first kappa shape index (κ1) is 19.0. The highest BCUT2D eigenvalue weighted by Crippen LogP contribution is 2.29. The Morgan fingerprint density at radius 1 is 0.931 bits per heavy atom. The molecule has 3 aromatic carbocycles. The SMILES string of the molecule is Cc1cccc2sc(NC(=O)[C@H](C)c3cccc(C(=O)c4ccccc4)c3)nc12. The molecule has 144 valence electrons. The number of thiazole rings is 1. The molecule has 5 heteroatoms. The highest BCUT2D eigenvalue weighted by molar-refractivity contribution is 7.22.